The number of benzene rings is 2. The van der Waals surface area contributed by atoms with E-state index in [0.717, 1.165) is 39.4 Å². The van der Waals surface area contributed by atoms with E-state index in [4.69, 9.17) is 0 Å². The zero-order valence-electron chi connectivity index (χ0n) is 17.2. The lowest BCUT2D eigenvalue weighted by Crippen LogP contribution is -2.01. The number of imidazole rings is 1. The highest BCUT2D eigenvalue weighted by Crippen LogP contribution is 2.24. The smallest absolute Gasteiger partial charge is 0.159 e. The maximum atomic E-state index is 14.8. The quantitative estimate of drug-likeness (QED) is 0.375. The van der Waals surface area contributed by atoms with Crippen molar-refractivity contribution in [3.05, 3.63) is 108 Å². The standard InChI is InChI=1S/C26H21FN4/c1-18-15-22(11-12-28-18)21-8-7-19(23(27)16-21)9-10-24-26-30-17-25(31(26)14-13-29-24)20-5-3-2-4-6-20/h2-8,11-17H,9-10H2,1H3. The first kappa shape index (κ1) is 19.1. The van der Waals surface area contributed by atoms with Gasteiger partial charge in [0.1, 0.15) is 5.82 Å². The maximum absolute atomic E-state index is 14.8. The second-order valence-electron chi connectivity index (χ2n) is 7.57. The van der Waals surface area contributed by atoms with Gasteiger partial charge in [0.15, 0.2) is 5.65 Å². The van der Waals surface area contributed by atoms with Crippen molar-refractivity contribution in [3.63, 3.8) is 0 Å². The molecule has 2 aromatic carbocycles. The Morgan fingerprint density at radius 2 is 1.65 bits per heavy atom. The van der Waals surface area contributed by atoms with Crippen molar-refractivity contribution in [1.29, 1.82) is 0 Å². The first-order chi connectivity index (χ1) is 15.2. The molecule has 152 valence electrons. The summed E-state index contributed by atoms with van der Waals surface area (Å²) in [4.78, 5) is 13.3. The normalized spacial score (nSPS) is 11.2. The molecule has 0 spiro atoms. The zero-order valence-corrected chi connectivity index (χ0v) is 17.2. The molecule has 0 bridgehead atoms. The average molecular weight is 408 g/mol. The van der Waals surface area contributed by atoms with Crippen LogP contribution in [0.15, 0.2) is 85.5 Å². The van der Waals surface area contributed by atoms with Crippen LogP contribution >= 0.6 is 0 Å². The van der Waals surface area contributed by atoms with Gasteiger partial charge in [0, 0.05) is 29.8 Å². The molecule has 0 N–H and O–H groups in total. The van der Waals surface area contributed by atoms with Crippen molar-refractivity contribution in [3.8, 4) is 22.4 Å². The third-order valence-corrected chi connectivity index (χ3v) is 5.48. The maximum Gasteiger partial charge on any atom is 0.159 e. The van der Waals surface area contributed by atoms with E-state index in [-0.39, 0.29) is 5.82 Å². The first-order valence-corrected chi connectivity index (χ1v) is 10.3. The van der Waals surface area contributed by atoms with Gasteiger partial charge in [0.05, 0.1) is 17.6 Å². The van der Waals surface area contributed by atoms with E-state index in [0.29, 0.717) is 18.4 Å². The molecule has 4 nitrogen and oxygen atoms in total. The van der Waals surface area contributed by atoms with Crippen LogP contribution in [0.25, 0.3) is 28.0 Å². The van der Waals surface area contributed by atoms with Gasteiger partial charge in [-0.05, 0) is 54.7 Å². The number of hydrogen-bond donors (Lipinski definition) is 0. The van der Waals surface area contributed by atoms with Crippen molar-refractivity contribution < 1.29 is 4.39 Å². The summed E-state index contributed by atoms with van der Waals surface area (Å²) in [5.41, 5.74) is 7.19. The number of aromatic nitrogens is 4. The van der Waals surface area contributed by atoms with E-state index in [1.54, 1.807) is 18.5 Å². The Morgan fingerprint density at radius 1 is 0.806 bits per heavy atom. The SMILES string of the molecule is Cc1cc(-c2ccc(CCc3nccn4c(-c5ccccc5)cnc34)c(F)c2)ccn1. The van der Waals surface area contributed by atoms with Gasteiger partial charge in [0.25, 0.3) is 0 Å². The summed E-state index contributed by atoms with van der Waals surface area (Å²) >= 11 is 0. The number of rotatable bonds is 5. The van der Waals surface area contributed by atoms with Crippen LogP contribution in [0.2, 0.25) is 0 Å². The molecule has 0 saturated heterocycles. The van der Waals surface area contributed by atoms with E-state index in [9.17, 15) is 4.39 Å². The van der Waals surface area contributed by atoms with Crippen LogP contribution in [-0.4, -0.2) is 19.4 Å². The van der Waals surface area contributed by atoms with Crippen LogP contribution in [-0.2, 0) is 12.8 Å². The highest BCUT2D eigenvalue weighted by molar-refractivity contribution is 5.65. The molecule has 0 aliphatic carbocycles. The van der Waals surface area contributed by atoms with Crippen molar-refractivity contribution in [1.82, 2.24) is 19.4 Å². The molecule has 0 fully saturated rings. The fraction of sp³-hybridized carbons (Fsp3) is 0.115. The summed E-state index contributed by atoms with van der Waals surface area (Å²) in [7, 11) is 0. The minimum Gasteiger partial charge on any atom is -0.297 e. The number of hydrogen-bond acceptors (Lipinski definition) is 3. The Balaban J connectivity index is 1.39. The number of pyridine rings is 1. The molecule has 5 aromatic rings. The number of halogens is 1. The van der Waals surface area contributed by atoms with Crippen molar-refractivity contribution in [2.75, 3.05) is 0 Å². The molecule has 5 heteroatoms. The fourth-order valence-corrected chi connectivity index (χ4v) is 3.88. The van der Waals surface area contributed by atoms with Gasteiger partial charge in [-0.2, -0.15) is 0 Å². The molecule has 0 unspecified atom stereocenters. The molecule has 31 heavy (non-hydrogen) atoms. The Hall–Kier alpha value is -3.86. The summed E-state index contributed by atoms with van der Waals surface area (Å²) in [6.07, 6.45) is 8.47. The minimum absolute atomic E-state index is 0.202. The second-order valence-corrected chi connectivity index (χ2v) is 7.57. The van der Waals surface area contributed by atoms with Gasteiger partial charge in [-0.15, -0.1) is 0 Å². The summed E-state index contributed by atoms with van der Waals surface area (Å²) in [6, 6.07) is 19.4. The highest BCUT2D eigenvalue weighted by Gasteiger charge is 2.12. The van der Waals surface area contributed by atoms with Crippen LogP contribution < -0.4 is 0 Å². The molecule has 0 saturated carbocycles. The Kier molecular flexibility index (Phi) is 5.00. The number of nitrogens with zero attached hydrogens (tertiary/aromatic N) is 4. The summed E-state index contributed by atoms with van der Waals surface area (Å²) in [6.45, 7) is 1.93. The van der Waals surface area contributed by atoms with Crippen molar-refractivity contribution in [2.24, 2.45) is 0 Å². The van der Waals surface area contributed by atoms with Gasteiger partial charge in [-0.1, -0.05) is 42.5 Å². The molecule has 0 aliphatic heterocycles. The third-order valence-electron chi connectivity index (χ3n) is 5.48. The Bertz CT molecular complexity index is 1360. The fourth-order valence-electron chi connectivity index (χ4n) is 3.88. The Morgan fingerprint density at radius 3 is 2.45 bits per heavy atom. The summed E-state index contributed by atoms with van der Waals surface area (Å²) in [5, 5.41) is 0. The van der Waals surface area contributed by atoms with Gasteiger partial charge in [-0.3, -0.25) is 14.4 Å². The second kappa shape index (κ2) is 8.11. The largest absolute Gasteiger partial charge is 0.297 e. The lowest BCUT2D eigenvalue weighted by atomic mass is 10.0. The molecule has 0 atom stereocenters. The van der Waals surface area contributed by atoms with Crippen molar-refractivity contribution in [2.45, 2.75) is 19.8 Å². The van der Waals surface area contributed by atoms with Gasteiger partial charge in [-0.25, -0.2) is 9.37 Å². The van der Waals surface area contributed by atoms with Crippen LogP contribution in [0, 0.1) is 12.7 Å². The van der Waals surface area contributed by atoms with E-state index in [2.05, 4.69) is 27.1 Å². The molecule has 0 amide bonds. The first-order valence-electron chi connectivity index (χ1n) is 10.3. The predicted molar refractivity (Wildman–Crippen MR) is 120 cm³/mol. The molecular formula is C26H21FN4. The van der Waals surface area contributed by atoms with E-state index < -0.39 is 0 Å². The van der Waals surface area contributed by atoms with Crippen molar-refractivity contribution >= 4 is 5.65 Å². The molecule has 5 rings (SSSR count). The zero-order chi connectivity index (χ0) is 21.2. The monoisotopic (exact) mass is 408 g/mol. The average Bonchev–Trinajstić information content (AvgIpc) is 3.24. The molecule has 0 aliphatic rings. The molecule has 3 aromatic heterocycles. The number of aryl methyl sites for hydroxylation is 3. The van der Waals surface area contributed by atoms with E-state index >= 15 is 0 Å². The van der Waals surface area contributed by atoms with Gasteiger partial charge >= 0.3 is 0 Å². The van der Waals surface area contributed by atoms with Crippen LogP contribution in [0.1, 0.15) is 17.0 Å². The summed E-state index contributed by atoms with van der Waals surface area (Å²) in [5.74, 6) is -0.202. The lowest BCUT2D eigenvalue weighted by Gasteiger charge is -2.08. The van der Waals surface area contributed by atoms with Gasteiger partial charge < -0.3 is 0 Å². The number of fused-ring (bicyclic) bond motifs is 1. The van der Waals surface area contributed by atoms with E-state index in [1.165, 1.54) is 0 Å². The van der Waals surface area contributed by atoms with Crippen LogP contribution in [0.5, 0.6) is 0 Å². The topological polar surface area (TPSA) is 43.1 Å². The minimum atomic E-state index is -0.202. The Labute approximate surface area is 180 Å². The van der Waals surface area contributed by atoms with Gasteiger partial charge in [0.2, 0.25) is 0 Å². The van der Waals surface area contributed by atoms with Crippen LogP contribution in [0.4, 0.5) is 4.39 Å². The summed E-state index contributed by atoms with van der Waals surface area (Å²) < 4.78 is 16.9. The van der Waals surface area contributed by atoms with Crippen LogP contribution in [0.3, 0.4) is 0 Å². The third kappa shape index (κ3) is 3.82. The molecule has 3 heterocycles. The molecular weight excluding hydrogens is 387 g/mol. The van der Waals surface area contributed by atoms with E-state index in [1.807, 2.05) is 66.2 Å². The molecule has 0 radical (unpaired) electrons. The highest BCUT2D eigenvalue weighted by atomic mass is 19.1. The predicted octanol–water partition coefficient (Wildman–Crippen LogP) is 5.69. The lowest BCUT2D eigenvalue weighted by molar-refractivity contribution is 0.608.